The predicted molar refractivity (Wildman–Crippen MR) is 43.8 cm³/mol. The van der Waals surface area contributed by atoms with Crippen molar-refractivity contribution in [3.05, 3.63) is 33.6 Å². The molecule has 1 aromatic rings. The van der Waals surface area contributed by atoms with Gasteiger partial charge in [0.2, 0.25) is 0 Å². The molecule has 0 bridgehead atoms. The first-order valence-corrected chi connectivity index (χ1v) is 3.25. The van der Waals surface area contributed by atoms with Crippen molar-refractivity contribution in [3.8, 4) is 0 Å². The van der Waals surface area contributed by atoms with Gasteiger partial charge in [0.1, 0.15) is 13.7 Å². The molecule has 0 aromatic heterocycles. The molecule has 4 nitrogen and oxygen atoms in total. The molecule has 6 heteroatoms. The summed E-state index contributed by atoms with van der Waals surface area (Å²) in [6.07, 6.45) is 0.196. The van der Waals surface area contributed by atoms with Crippen molar-refractivity contribution in [2.24, 2.45) is 0 Å². The minimum atomic E-state index is -0.863. The number of rotatable bonds is 2. The number of halogens is 1. The van der Waals surface area contributed by atoms with Gasteiger partial charge in [-0.3, -0.25) is 14.9 Å². The molecule has 0 aliphatic heterocycles. The maximum Gasteiger partial charge on any atom is 0.263 e. The zero-order valence-corrected chi connectivity index (χ0v) is 6.36. The summed E-state index contributed by atoms with van der Waals surface area (Å²) in [5, 5.41) is 10.3. The van der Waals surface area contributed by atoms with Crippen LogP contribution in [0, 0.1) is 15.9 Å². The fourth-order valence-electron chi connectivity index (χ4n) is 0.842. The van der Waals surface area contributed by atoms with Crippen molar-refractivity contribution in [1.29, 1.82) is 0 Å². The summed E-state index contributed by atoms with van der Waals surface area (Å²) in [6, 6.07) is 1.56. The summed E-state index contributed by atoms with van der Waals surface area (Å²) >= 11 is 0. The van der Waals surface area contributed by atoms with E-state index in [0.717, 1.165) is 12.1 Å². The van der Waals surface area contributed by atoms with E-state index in [2.05, 4.69) is 0 Å². The van der Waals surface area contributed by atoms with Crippen LogP contribution in [0.3, 0.4) is 0 Å². The number of carbonyl (C=O) groups excluding carboxylic acids is 1. The largest absolute Gasteiger partial charge is 0.298 e. The van der Waals surface area contributed by atoms with Gasteiger partial charge in [-0.25, -0.2) is 4.39 Å². The van der Waals surface area contributed by atoms with E-state index in [1.54, 1.807) is 0 Å². The van der Waals surface area contributed by atoms with E-state index in [9.17, 15) is 19.3 Å². The van der Waals surface area contributed by atoms with E-state index in [4.69, 9.17) is 7.85 Å². The van der Waals surface area contributed by atoms with Crippen LogP contribution in [-0.4, -0.2) is 19.1 Å². The average Bonchev–Trinajstić information content (AvgIpc) is 2.03. The summed E-state index contributed by atoms with van der Waals surface area (Å²) in [5.74, 6) is -0.863. The Labute approximate surface area is 73.9 Å². The Kier molecular flexibility index (Phi) is 2.41. The molecule has 0 heterocycles. The monoisotopic (exact) mass is 179 g/mol. The highest BCUT2D eigenvalue weighted by Gasteiger charge is 2.13. The van der Waals surface area contributed by atoms with Crippen LogP contribution < -0.4 is 5.46 Å². The molecule has 0 atom stereocenters. The van der Waals surface area contributed by atoms with Gasteiger partial charge in [-0.05, 0) is 11.5 Å². The lowest BCUT2D eigenvalue weighted by Crippen LogP contribution is -2.11. The number of hydrogen-bond acceptors (Lipinski definition) is 3. The number of carbonyl (C=O) groups is 1. The Morgan fingerprint density at radius 1 is 1.54 bits per heavy atom. The standard InChI is InChI=1S/C7H3BFNO3/c8-5-2-6(9)4(3-11)1-7(5)10(12)13/h1-3H. The van der Waals surface area contributed by atoms with Crippen molar-refractivity contribution < 1.29 is 14.1 Å². The van der Waals surface area contributed by atoms with Crippen molar-refractivity contribution in [1.82, 2.24) is 0 Å². The van der Waals surface area contributed by atoms with E-state index in [1.165, 1.54) is 0 Å². The quantitative estimate of drug-likeness (QED) is 0.284. The van der Waals surface area contributed by atoms with Crippen LogP contribution in [0.25, 0.3) is 0 Å². The van der Waals surface area contributed by atoms with Crippen LogP contribution in [0.5, 0.6) is 0 Å². The lowest BCUT2D eigenvalue weighted by molar-refractivity contribution is -0.383. The maximum absolute atomic E-state index is 12.8. The van der Waals surface area contributed by atoms with Gasteiger partial charge in [-0.1, -0.05) is 0 Å². The molecule has 0 saturated heterocycles. The van der Waals surface area contributed by atoms with Gasteiger partial charge < -0.3 is 0 Å². The second kappa shape index (κ2) is 3.34. The molecule has 1 aromatic carbocycles. The van der Waals surface area contributed by atoms with Crippen LogP contribution in [0.15, 0.2) is 12.1 Å². The minimum Gasteiger partial charge on any atom is -0.298 e. The maximum atomic E-state index is 12.8. The van der Waals surface area contributed by atoms with Crippen LogP contribution in [0.1, 0.15) is 10.4 Å². The molecule has 0 fully saturated rings. The molecular weight excluding hydrogens is 176 g/mol. The SMILES string of the molecule is [B]c1cc(F)c(C=O)cc1[N+](=O)[O-]. The first-order valence-electron chi connectivity index (χ1n) is 3.25. The van der Waals surface area contributed by atoms with Crippen LogP contribution in [-0.2, 0) is 0 Å². The average molecular weight is 179 g/mol. The van der Waals surface area contributed by atoms with Gasteiger partial charge in [0.25, 0.3) is 5.69 Å². The molecule has 2 radical (unpaired) electrons. The third kappa shape index (κ3) is 1.72. The molecule has 0 saturated carbocycles. The summed E-state index contributed by atoms with van der Waals surface area (Å²) in [7, 11) is 5.15. The Morgan fingerprint density at radius 3 is 2.62 bits per heavy atom. The van der Waals surface area contributed by atoms with E-state index < -0.39 is 16.4 Å². The lowest BCUT2D eigenvalue weighted by atomic mass is 9.93. The number of hydrogen-bond donors (Lipinski definition) is 0. The van der Waals surface area contributed by atoms with E-state index >= 15 is 0 Å². The summed E-state index contributed by atoms with van der Waals surface area (Å²) in [6.45, 7) is 0. The fraction of sp³-hybridized carbons (Fsp3) is 0. The first-order chi connectivity index (χ1) is 6.06. The second-order valence-electron chi connectivity index (χ2n) is 2.31. The molecule has 13 heavy (non-hydrogen) atoms. The number of nitrogens with zero attached hydrogens (tertiary/aromatic N) is 1. The summed E-state index contributed by atoms with van der Waals surface area (Å²) in [5.41, 5.74) is -1.14. The number of benzene rings is 1. The van der Waals surface area contributed by atoms with Gasteiger partial charge in [0.15, 0.2) is 6.29 Å². The van der Waals surface area contributed by atoms with Crippen molar-refractivity contribution in [3.63, 3.8) is 0 Å². The van der Waals surface area contributed by atoms with Gasteiger partial charge in [-0.15, -0.1) is 0 Å². The van der Waals surface area contributed by atoms with Gasteiger partial charge in [-0.2, -0.15) is 0 Å². The zero-order chi connectivity index (χ0) is 10.0. The third-order valence-electron chi connectivity index (χ3n) is 1.47. The molecule has 64 valence electrons. The number of nitro groups is 1. The highest BCUT2D eigenvalue weighted by atomic mass is 19.1. The summed E-state index contributed by atoms with van der Waals surface area (Å²) < 4.78 is 12.8. The van der Waals surface area contributed by atoms with E-state index in [-0.39, 0.29) is 17.3 Å². The van der Waals surface area contributed by atoms with Gasteiger partial charge in [0.05, 0.1) is 10.5 Å². The Hall–Kier alpha value is -1.72. The van der Waals surface area contributed by atoms with Crippen LogP contribution in [0.2, 0.25) is 0 Å². The highest BCUT2D eigenvalue weighted by molar-refractivity contribution is 6.35. The molecule has 0 amide bonds. The third-order valence-corrected chi connectivity index (χ3v) is 1.47. The molecular formula is C7H3BFNO3. The van der Waals surface area contributed by atoms with Crippen molar-refractivity contribution in [2.45, 2.75) is 0 Å². The Balaban J connectivity index is 3.38. The molecule has 0 aliphatic rings. The normalized spacial score (nSPS) is 9.62. The molecule has 0 N–H and O–H groups in total. The van der Waals surface area contributed by atoms with E-state index in [1.807, 2.05) is 0 Å². The smallest absolute Gasteiger partial charge is 0.263 e. The van der Waals surface area contributed by atoms with Crippen LogP contribution >= 0.6 is 0 Å². The topological polar surface area (TPSA) is 60.2 Å². The Bertz CT molecular complexity index is 380. The van der Waals surface area contributed by atoms with Crippen LogP contribution in [0.4, 0.5) is 10.1 Å². The second-order valence-corrected chi connectivity index (χ2v) is 2.31. The van der Waals surface area contributed by atoms with Gasteiger partial charge in [0, 0.05) is 6.07 Å². The molecule has 0 spiro atoms. The fourth-order valence-corrected chi connectivity index (χ4v) is 0.842. The molecule has 1 rings (SSSR count). The first kappa shape index (κ1) is 9.37. The predicted octanol–water partition coefficient (Wildman–Crippen LogP) is 0.340. The number of aldehydes is 1. The molecule has 0 aliphatic carbocycles. The minimum absolute atomic E-state index is 0.196. The molecule has 0 unspecified atom stereocenters. The highest BCUT2D eigenvalue weighted by Crippen LogP contribution is 2.12. The Morgan fingerprint density at radius 2 is 2.15 bits per heavy atom. The van der Waals surface area contributed by atoms with E-state index in [0.29, 0.717) is 0 Å². The van der Waals surface area contributed by atoms with Crippen molar-refractivity contribution >= 4 is 25.3 Å². The van der Waals surface area contributed by atoms with Gasteiger partial charge >= 0.3 is 0 Å². The lowest BCUT2D eigenvalue weighted by Gasteiger charge is -1.99. The zero-order valence-electron chi connectivity index (χ0n) is 6.36. The van der Waals surface area contributed by atoms with Crippen molar-refractivity contribution in [2.75, 3.05) is 0 Å². The summed E-state index contributed by atoms with van der Waals surface area (Å²) in [4.78, 5) is 19.7. The number of nitro benzene ring substituents is 1.